The monoisotopic (exact) mass is 547 g/mol. The molecule has 196 valence electrons. The van der Waals surface area contributed by atoms with Crippen LogP contribution in [-0.2, 0) is 9.59 Å². The molecule has 0 heterocycles. The van der Waals surface area contributed by atoms with E-state index in [1.165, 1.54) is 18.2 Å². The number of benzene rings is 3. The molecular formula is C26H27Cl2N3O6. The van der Waals surface area contributed by atoms with Gasteiger partial charge in [0, 0.05) is 30.5 Å². The zero-order valence-corrected chi connectivity index (χ0v) is 22.1. The molecule has 0 bridgehead atoms. The van der Waals surface area contributed by atoms with Crippen LogP contribution in [0.1, 0.15) is 10.4 Å². The number of carbonyl (C=O) groups is 3. The van der Waals surface area contributed by atoms with Gasteiger partial charge in [-0.1, -0.05) is 35.3 Å². The van der Waals surface area contributed by atoms with Gasteiger partial charge >= 0.3 is 5.97 Å². The van der Waals surface area contributed by atoms with Gasteiger partial charge < -0.3 is 29.7 Å². The first-order valence-corrected chi connectivity index (χ1v) is 12.0. The zero-order chi connectivity index (χ0) is 27.1. The van der Waals surface area contributed by atoms with E-state index >= 15 is 0 Å². The van der Waals surface area contributed by atoms with E-state index in [-0.39, 0.29) is 28.8 Å². The lowest BCUT2D eigenvalue weighted by molar-refractivity contribution is -0.132. The first-order chi connectivity index (χ1) is 17.5. The van der Waals surface area contributed by atoms with E-state index in [1.807, 2.05) is 19.0 Å². The van der Waals surface area contributed by atoms with E-state index in [1.54, 1.807) is 42.3 Å². The Kier molecular flexibility index (Phi) is 9.57. The fourth-order valence-corrected chi connectivity index (χ4v) is 3.98. The van der Waals surface area contributed by atoms with Crippen LogP contribution in [0.3, 0.4) is 0 Å². The van der Waals surface area contributed by atoms with Crippen molar-refractivity contribution in [2.24, 2.45) is 0 Å². The number of carbonyl (C=O) groups excluding carboxylic acids is 2. The molecule has 0 saturated heterocycles. The lowest BCUT2D eigenvalue weighted by Gasteiger charge is -2.20. The van der Waals surface area contributed by atoms with Crippen molar-refractivity contribution >= 4 is 57.4 Å². The molecule has 0 aliphatic carbocycles. The van der Waals surface area contributed by atoms with Crippen LogP contribution in [-0.4, -0.2) is 80.1 Å². The van der Waals surface area contributed by atoms with Crippen molar-refractivity contribution in [2.75, 3.05) is 52.8 Å². The highest BCUT2D eigenvalue weighted by Gasteiger charge is 2.16. The normalized spacial score (nSPS) is 10.9. The zero-order valence-electron chi connectivity index (χ0n) is 20.6. The standard InChI is InChI=1S/C26H27Cl2N3O6/c1-30(2)8-9-31(3)24(33)15-37-21-7-5-4-6-20(21)29-23(32)14-36-22-12-17(26(34)35)10-16-11-18(27)13-19(28)25(16)22/h4-7,10-13H,8-9,14-15H2,1-3H3,(H,29,32)(H,34,35). The van der Waals surface area contributed by atoms with Gasteiger partial charge in [0.1, 0.15) is 11.5 Å². The Balaban J connectivity index is 1.68. The SMILES string of the molecule is CN(C)CCN(C)C(=O)COc1ccccc1NC(=O)COc1cc(C(=O)O)cc2cc(Cl)cc(Cl)c12. The van der Waals surface area contributed by atoms with Crippen LogP contribution in [0, 0.1) is 0 Å². The molecular weight excluding hydrogens is 521 g/mol. The first kappa shape index (κ1) is 28.0. The summed E-state index contributed by atoms with van der Waals surface area (Å²) in [6, 6.07) is 12.5. The predicted octanol–water partition coefficient (Wildman–Crippen LogP) is 4.26. The Bertz CT molecular complexity index is 1310. The first-order valence-electron chi connectivity index (χ1n) is 11.2. The molecule has 9 nitrogen and oxygen atoms in total. The van der Waals surface area contributed by atoms with Gasteiger partial charge in [0.05, 0.1) is 16.3 Å². The number of ether oxygens (including phenoxy) is 2. The number of fused-ring (bicyclic) bond motifs is 1. The number of hydrogen-bond donors (Lipinski definition) is 2. The molecule has 0 spiro atoms. The minimum Gasteiger partial charge on any atom is -0.483 e. The maximum atomic E-state index is 12.7. The summed E-state index contributed by atoms with van der Waals surface area (Å²) in [6.07, 6.45) is 0. The number of hydrogen-bond acceptors (Lipinski definition) is 6. The minimum absolute atomic E-state index is 0.0415. The molecule has 0 saturated carbocycles. The van der Waals surface area contributed by atoms with Gasteiger partial charge in [0.25, 0.3) is 11.8 Å². The Labute approximate surface area is 224 Å². The van der Waals surface area contributed by atoms with Crippen molar-refractivity contribution in [3.8, 4) is 11.5 Å². The average Bonchev–Trinajstić information content (AvgIpc) is 2.84. The molecule has 0 atom stereocenters. The Hall–Kier alpha value is -3.53. The highest BCUT2D eigenvalue weighted by atomic mass is 35.5. The molecule has 11 heteroatoms. The second kappa shape index (κ2) is 12.6. The van der Waals surface area contributed by atoms with Gasteiger partial charge in [0.2, 0.25) is 0 Å². The summed E-state index contributed by atoms with van der Waals surface area (Å²) in [6.45, 7) is 0.650. The highest BCUT2D eigenvalue weighted by molar-refractivity contribution is 6.39. The Morgan fingerprint density at radius 1 is 0.919 bits per heavy atom. The number of halogens is 2. The van der Waals surface area contributed by atoms with Crippen molar-refractivity contribution in [1.29, 1.82) is 0 Å². The maximum absolute atomic E-state index is 12.7. The predicted molar refractivity (Wildman–Crippen MR) is 143 cm³/mol. The summed E-state index contributed by atoms with van der Waals surface area (Å²) in [7, 11) is 5.55. The number of amides is 2. The highest BCUT2D eigenvalue weighted by Crippen LogP contribution is 2.36. The summed E-state index contributed by atoms with van der Waals surface area (Å²) < 4.78 is 11.3. The third-order valence-corrected chi connectivity index (χ3v) is 5.87. The summed E-state index contributed by atoms with van der Waals surface area (Å²) in [5.74, 6) is -1.44. The summed E-state index contributed by atoms with van der Waals surface area (Å²) >= 11 is 12.4. The van der Waals surface area contributed by atoms with Crippen molar-refractivity contribution < 1.29 is 29.0 Å². The number of likely N-dealkylation sites (N-methyl/N-ethyl adjacent to an activating group) is 2. The Morgan fingerprint density at radius 3 is 2.32 bits per heavy atom. The van der Waals surface area contributed by atoms with E-state index in [9.17, 15) is 19.5 Å². The van der Waals surface area contributed by atoms with Crippen LogP contribution >= 0.6 is 23.2 Å². The number of nitrogens with zero attached hydrogens (tertiary/aromatic N) is 2. The average molecular weight is 548 g/mol. The van der Waals surface area contributed by atoms with Gasteiger partial charge in [-0.05, 0) is 55.9 Å². The number of para-hydroxylation sites is 2. The van der Waals surface area contributed by atoms with Crippen LogP contribution < -0.4 is 14.8 Å². The third kappa shape index (κ3) is 7.72. The van der Waals surface area contributed by atoms with Crippen molar-refractivity contribution in [1.82, 2.24) is 9.80 Å². The fourth-order valence-electron chi connectivity index (χ4n) is 3.38. The largest absolute Gasteiger partial charge is 0.483 e. The molecule has 0 fully saturated rings. The van der Waals surface area contributed by atoms with Crippen molar-refractivity contribution in [2.45, 2.75) is 0 Å². The molecule has 0 unspecified atom stereocenters. The molecule has 0 aromatic heterocycles. The lowest BCUT2D eigenvalue weighted by atomic mass is 10.1. The summed E-state index contributed by atoms with van der Waals surface area (Å²) in [5.41, 5.74) is 0.314. The quantitative estimate of drug-likeness (QED) is 0.369. The van der Waals surface area contributed by atoms with E-state index in [2.05, 4.69) is 5.32 Å². The number of nitrogens with one attached hydrogen (secondary N) is 1. The number of anilines is 1. The number of carboxylic acids is 1. The van der Waals surface area contributed by atoms with Gasteiger partial charge in [-0.3, -0.25) is 9.59 Å². The molecule has 3 aromatic rings. The summed E-state index contributed by atoms with van der Waals surface area (Å²) in [4.78, 5) is 40.2. The maximum Gasteiger partial charge on any atom is 0.335 e. The molecule has 2 N–H and O–H groups in total. The smallest absolute Gasteiger partial charge is 0.335 e. The molecule has 37 heavy (non-hydrogen) atoms. The van der Waals surface area contributed by atoms with Crippen LogP contribution in [0.25, 0.3) is 10.8 Å². The van der Waals surface area contributed by atoms with Crippen LogP contribution in [0.4, 0.5) is 5.69 Å². The van der Waals surface area contributed by atoms with Gasteiger partial charge in [-0.2, -0.15) is 0 Å². The van der Waals surface area contributed by atoms with Crippen molar-refractivity contribution in [3.05, 3.63) is 64.1 Å². The number of carboxylic acid groups (broad SMARTS) is 1. The van der Waals surface area contributed by atoms with Crippen molar-refractivity contribution in [3.63, 3.8) is 0 Å². The lowest BCUT2D eigenvalue weighted by Crippen LogP contribution is -2.36. The van der Waals surface area contributed by atoms with Gasteiger partial charge in [-0.25, -0.2) is 4.79 Å². The Morgan fingerprint density at radius 2 is 1.62 bits per heavy atom. The molecule has 0 aliphatic heterocycles. The molecule has 3 aromatic carbocycles. The van der Waals surface area contributed by atoms with E-state index < -0.39 is 18.5 Å². The van der Waals surface area contributed by atoms with Crippen LogP contribution in [0.15, 0.2) is 48.5 Å². The van der Waals surface area contributed by atoms with Gasteiger partial charge in [-0.15, -0.1) is 0 Å². The third-order valence-electron chi connectivity index (χ3n) is 5.36. The van der Waals surface area contributed by atoms with E-state index in [0.717, 1.165) is 6.54 Å². The second-order valence-corrected chi connectivity index (χ2v) is 9.35. The molecule has 3 rings (SSSR count). The fraction of sp³-hybridized carbons (Fsp3) is 0.269. The number of aromatic carboxylic acids is 1. The number of rotatable bonds is 11. The van der Waals surface area contributed by atoms with E-state index in [0.29, 0.717) is 33.8 Å². The molecule has 0 aliphatic rings. The second-order valence-electron chi connectivity index (χ2n) is 8.51. The topological polar surface area (TPSA) is 108 Å². The van der Waals surface area contributed by atoms with Crippen LogP contribution in [0.5, 0.6) is 11.5 Å². The molecule has 2 amide bonds. The van der Waals surface area contributed by atoms with Crippen LogP contribution in [0.2, 0.25) is 10.0 Å². The van der Waals surface area contributed by atoms with Gasteiger partial charge in [0.15, 0.2) is 13.2 Å². The van der Waals surface area contributed by atoms with E-state index in [4.69, 9.17) is 32.7 Å². The minimum atomic E-state index is -1.17. The molecule has 0 radical (unpaired) electrons. The summed E-state index contributed by atoms with van der Waals surface area (Å²) in [5, 5.41) is 13.6.